The van der Waals surface area contributed by atoms with Gasteiger partial charge in [0.2, 0.25) is 0 Å². The molecule has 1 amide bonds. The van der Waals surface area contributed by atoms with E-state index in [4.69, 9.17) is 21.1 Å². The molecule has 1 atom stereocenters. The molecule has 2 aromatic rings. The van der Waals surface area contributed by atoms with Gasteiger partial charge in [0.15, 0.2) is 6.10 Å². The highest BCUT2D eigenvalue weighted by molar-refractivity contribution is 6.31. The summed E-state index contributed by atoms with van der Waals surface area (Å²) in [6.07, 6.45) is 0.854. The molecular weight excluding hydrogens is 328 g/mol. The Labute approximate surface area is 146 Å². The normalized spacial score (nSPS) is 12.0. The summed E-state index contributed by atoms with van der Waals surface area (Å²) in [6.45, 7) is 3.53. The number of aryl methyl sites for hydroxylation is 1. The largest absolute Gasteiger partial charge is 0.497 e. The highest BCUT2D eigenvalue weighted by Crippen LogP contribution is 2.21. The molecule has 0 heterocycles. The van der Waals surface area contributed by atoms with Gasteiger partial charge in [0.1, 0.15) is 11.5 Å². The number of methoxy groups -OCH3 is 1. The van der Waals surface area contributed by atoms with E-state index >= 15 is 0 Å². The van der Waals surface area contributed by atoms with E-state index in [1.54, 1.807) is 38.4 Å². The molecule has 126 valence electrons. The zero-order chi connectivity index (χ0) is 17.5. The minimum Gasteiger partial charge on any atom is -0.497 e. The molecule has 1 N–H and O–H groups in total. The van der Waals surface area contributed by atoms with E-state index in [0.29, 0.717) is 10.8 Å². The van der Waals surface area contributed by atoms with Gasteiger partial charge in [-0.2, -0.15) is 5.10 Å². The molecule has 6 heteroatoms. The fraction of sp³-hybridized carbons (Fsp3) is 0.222. The van der Waals surface area contributed by atoms with Gasteiger partial charge in [0.25, 0.3) is 5.91 Å². The number of halogens is 1. The lowest BCUT2D eigenvalue weighted by molar-refractivity contribution is -0.127. The summed E-state index contributed by atoms with van der Waals surface area (Å²) in [6, 6.07) is 12.6. The summed E-state index contributed by atoms with van der Waals surface area (Å²) in [4.78, 5) is 12.0. The molecule has 0 aliphatic carbocycles. The Morgan fingerprint density at radius 3 is 2.75 bits per heavy atom. The molecule has 2 aromatic carbocycles. The van der Waals surface area contributed by atoms with E-state index in [-0.39, 0.29) is 5.91 Å². The molecule has 0 fully saturated rings. The summed E-state index contributed by atoms with van der Waals surface area (Å²) in [5, 5.41) is 4.59. The van der Waals surface area contributed by atoms with Crippen molar-refractivity contribution in [1.82, 2.24) is 5.43 Å². The van der Waals surface area contributed by atoms with Crippen LogP contribution in [0, 0.1) is 6.92 Å². The van der Waals surface area contributed by atoms with E-state index in [9.17, 15) is 4.79 Å². The number of hydrogen-bond acceptors (Lipinski definition) is 4. The molecule has 24 heavy (non-hydrogen) atoms. The van der Waals surface area contributed by atoms with Crippen LogP contribution in [-0.4, -0.2) is 25.3 Å². The number of ether oxygens (including phenoxy) is 2. The number of benzene rings is 2. The van der Waals surface area contributed by atoms with Crippen molar-refractivity contribution >= 4 is 23.7 Å². The van der Waals surface area contributed by atoms with Crippen LogP contribution in [-0.2, 0) is 4.79 Å². The second kappa shape index (κ2) is 8.36. The van der Waals surface area contributed by atoms with Gasteiger partial charge >= 0.3 is 0 Å². The van der Waals surface area contributed by atoms with Crippen molar-refractivity contribution in [3.63, 3.8) is 0 Å². The molecule has 0 saturated carbocycles. The lowest BCUT2D eigenvalue weighted by Gasteiger charge is -2.13. The summed E-state index contributed by atoms with van der Waals surface area (Å²) in [7, 11) is 1.59. The molecule has 0 spiro atoms. The fourth-order valence-corrected chi connectivity index (χ4v) is 2.05. The van der Waals surface area contributed by atoms with Crippen LogP contribution in [0.4, 0.5) is 0 Å². The van der Waals surface area contributed by atoms with E-state index in [1.165, 1.54) is 0 Å². The van der Waals surface area contributed by atoms with Crippen LogP contribution in [0.5, 0.6) is 11.5 Å². The SMILES string of the molecule is COc1cccc(C=NNC(=O)C(C)Oc2ccc(Cl)c(C)c2)c1. The number of hydrogen-bond donors (Lipinski definition) is 1. The molecule has 1 unspecified atom stereocenters. The number of hydrazone groups is 1. The van der Waals surface area contributed by atoms with E-state index in [0.717, 1.165) is 16.9 Å². The van der Waals surface area contributed by atoms with Crippen molar-refractivity contribution in [2.75, 3.05) is 7.11 Å². The first-order chi connectivity index (χ1) is 11.5. The van der Waals surface area contributed by atoms with Gasteiger partial charge in [-0.3, -0.25) is 4.79 Å². The molecule has 0 aliphatic rings. The van der Waals surface area contributed by atoms with Gasteiger partial charge in [0.05, 0.1) is 13.3 Å². The third-order valence-corrected chi connectivity index (χ3v) is 3.72. The Hall–Kier alpha value is -2.53. The molecule has 2 rings (SSSR count). The maximum absolute atomic E-state index is 12.0. The minimum atomic E-state index is -0.687. The Bertz CT molecular complexity index is 747. The second-order valence-electron chi connectivity index (χ2n) is 5.18. The quantitative estimate of drug-likeness (QED) is 0.642. The standard InChI is InChI=1S/C18H19ClN2O3/c1-12-9-16(7-8-17(12)19)24-13(2)18(22)21-20-11-14-5-4-6-15(10-14)23-3/h4-11,13H,1-3H3,(H,21,22). The first-order valence-electron chi connectivity index (χ1n) is 7.39. The van der Waals surface area contributed by atoms with Crippen LogP contribution in [0.2, 0.25) is 5.02 Å². The minimum absolute atomic E-state index is 0.346. The Balaban J connectivity index is 1.91. The van der Waals surface area contributed by atoms with Gasteiger partial charge in [-0.1, -0.05) is 23.7 Å². The number of nitrogens with zero attached hydrogens (tertiary/aromatic N) is 1. The fourth-order valence-electron chi connectivity index (χ4n) is 1.93. The highest BCUT2D eigenvalue weighted by Gasteiger charge is 2.14. The molecule has 5 nitrogen and oxygen atoms in total. The van der Waals surface area contributed by atoms with Gasteiger partial charge in [0, 0.05) is 5.02 Å². The van der Waals surface area contributed by atoms with Crippen molar-refractivity contribution in [3.8, 4) is 11.5 Å². The third-order valence-electron chi connectivity index (χ3n) is 3.29. The molecule has 0 radical (unpaired) electrons. The topological polar surface area (TPSA) is 59.9 Å². The maximum Gasteiger partial charge on any atom is 0.280 e. The zero-order valence-corrected chi connectivity index (χ0v) is 14.5. The van der Waals surface area contributed by atoms with Crippen LogP contribution < -0.4 is 14.9 Å². The first-order valence-corrected chi connectivity index (χ1v) is 7.77. The molecule has 0 saturated heterocycles. The number of carbonyl (C=O) groups excluding carboxylic acids is 1. The Morgan fingerprint density at radius 2 is 2.04 bits per heavy atom. The lowest BCUT2D eigenvalue weighted by Crippen LogP contribution is -2.33. The zero-order valence-electron chi connectivity index (χ0n) is 13.7. The maximum atomic E-state index is 12.0. The Morgan fingerprint density at radius 1 is 1.25 bits per heavy atom. The summed E-state index contributed by atoms with van der Waals surface area (Å²) >= 11 is 5.97. The molecule has 0 aliphatic heterocycles. The van der Waals surface area contributed by atoms with Crippen molar-refractivity contribution in [3.05, 3.63) is 58.6 Å². The van der Waals surface area contributed by atoms with Gasteiger partial charge in [-0.05, 0) is 55.3 Å². The number of carbonyl (C=O) groups is 1. The van der Waals surface area contributed by atoms with Crippen molar-refractivity contribution < 1.29 is 14.3 Å². The first kappa shape index (κ1) is 17.8. The summed E-state index contributed by atoms with van der Waals surface area (Å²) in [5.41, 5.74) is 4.16. The van der Waals surface area contributed by atoms with E-state index in [2.05, 4.69) is 10.5 Å². The molecular formula is C18H19ClN2O3. The van der Waals surface area contributed by atoms with Crippen molar-refractivity contribution in [2.45, 2.75) is 20.0 Å². The average molecular weight is 347 g/mol. The molecule has 0 bridgehead atoms. The van der Waals surface area contributed by atoms with Crippen LogP contribution in [0.15, 0.2) is 47.6 Å². The number of rotatable bonds is 6. The van der Waals surface area contributed by atoms with E-state index < -0.39 is 6.10 Å². The lowest BCUT2D eigenvalue weighted by atomic mass is 10.2. The monoisotopic (exact) mass is 346 g/mol. The van der Waals surface area contributed by atoms with Crippen molar-refractivity contribution in [1.29, 1.82) is 0 Å². The summed E-state index contributed by atoms with van der Waals surface area (Å²) < 4.78 is 10.7. The summed E-state index contributed by atoms with van der Waals surface area (Å²) in [5.74, 6) is 0.957. The van der Waals surface area contributed by atoms with Gasteiger partial charge in [-0.15, -0.1) is 0 Å². The number of nitrogens with one attached hydrogen (secondary N) is 1. The highest BCUT2D eigenvalue weighted by atomic mass is 35.5. The predicted molar refractivity (Wildman–Crippen MR) is 95.0 cm³/mol. The van der Waals surface area contributed by atoms with E-state index in [1.807, 2.05) is 31.2 Å². The Kier molecular flexibility index (Phi) is 6.21. The van der Waals surface area contributed by atoms with Crippen molar-refractivity contribution in [2.24, 2.45) is 5.10 Å². The van der Waals surface area contributed by atoms with Crippen LogP contribution in [0.3, 0.4) is 0 Å². The van der Waals surface area contributed by atoms with Gasteiger partial charge in [-0.25, -0.2) is 5.43 Å². The van der Waals surface area contributed by atoms with Crippen LogP contribution in [0.25, 0.3) is 0 Å². The third kappa shape index (κ3) is 4.99. The van der Waals surface area contributed by atoms with Crippen LogP contribution in [0.1, 0.15) is 18.1 Å². The van der Waals surface area contributed by atoms with Gasteiger partial charge < -0.3 is 9.47 Å². The van der Waals surface area contributed by atoms with Crippen LogP contribution >= 0.6 is 11.6 Å². The second-order valence-corrected chi connectivity index (χ2v) is 5.59. The number of amides is 1. The molecule has 0 aromatic heterocycles. The predicted octanol–water partition coefficient (Wildman–Crippen LogP) is 3.57. The average Bonchev–Trinajstić information content (AvgIpc) is 2.58. The smallest absolute Gasteiger partial charge is 0.280 e.